The predicted molar refractivity (Wildman–Crippen MR) is 72.4 cm³/mol. The lowest BCUT2D eigenvalue weighted by molar-refractivity contribution is -0.138. The van der Waals surface area contributed by atoms with Gasteiger partial charge in [-0.05, 0) is 6.42 Å². The summed E-state index contributed by atoms with van der Waals surface area (Å²) in [5.74, 6) is -1.54. The van der Waals surface area contributed by atoms with Gasteiger partial charge in [0.15, 0.2) is 9.84 Å². The summed E-state index contributed by atoms with van der Waals surface area (Å²) in [6.45, 7) is -0.447. The van der Waals surface area contributed by atoms with Crippen LogP contribution in [0.15, 0.2) is 0 Å². The summed E-state index contributed by atoms with van der Waals surface area (Å²) in [7, 11) is -3.23. The highest BCUT2D eigenvalue weighted by Crippen LogP contribution is 2.17. The number of rotatable bonds is 6. The minimum Gasteiger partial charge on any atom is -0.480 e. The van der Waals surface area contributed by atoms with Crippen LogP contribution in [-0.2, 0) is 14.6 Å². The van der Waals surface area contributed by atoms with Gasteiger partial charge in [0.2, 0.25) is 0 Å². The summed E-state index contributed by atoms with van der Waals surface area (Å²) < 4.78 is 22.8. The Bertz CT molecular complexity index is 520. The molecule has 1 aliphatic rings. The number of urea groups is 2. The van der Waals surface area contributed by atoms with Crippen molar-refractivity contribution in [3.8, 4) is 0 Å². The van der Waals surface area contributed by atoms with Crippen molar-refractivity contribution < 1.29 is 27.9 Å². The maximum absolute atomic E-state index is 11.9. The molecule has 1 atom stereocenters. The van der Waals surface area contributed by atoms with Gasteiger partial charge >= 0.3 is 18.0 Å². The number of nitrogens with two attached hydrogens (primary N) is 1. The molecule has 10 nitrogen and oxygen atoms in total. The van der Waals surface area contributed by atoms with Crippen molar-refractivity contribution in [1.82, 2.24) is 15.5 Å². The highest BCUT2D eigenvalue weighted by molar-refractivity contribution is 7.91. The van der Waals surface area contributed by atoms with Crippen molar-refractivity contribution in [2.45, 2.75) is 12.5 Å². The van der Waals surface area contributed by atoms with E-state index in [0.29, 0.717) is 0 Å². The Labute approximate surface area is 121 Å². The number of hydrogen-bond acceptors (Lipinski definition) is 5. The van der Waals surface area contributed by atoms with Gasteiger partial charge in [-0.1, -0.05) is 0 Å². The van der Waals surface area contributed by atoms with Crippen LogP contribution in [0.5, 0.6) is 0 Å². The maximum Gasteiger partial charge on any atom is 0.323 e. The molecule has 11 heteroatoms. The number of nitrogens with zero attached hydrogens (tertiary/aromatic N) is 1. The number of carbonyl (C=O) groups is 3. The van der Waals surface area contributed by atoms with E-state index in [1.807, 2.05) is 0 Å². The molecule has 4 amide bonds. The fraction of sp³-hybridized carbons (Fsp3) is 0.700. The molecular weight excluding hydrogens is 304 g/mol. The first-order valence-corrected chi connectivity index (χ1v) is 8.03. The standard InChI is InChI=1S/C10H18N4O6S/c11-9(17)12-2-3-13-10(18)14(5-8(15)16)7-1-4-21(19,20)6-7/h7H,1-6H2,(H,13,18)(H,15,16)(H3,11,12,17). The first-order valence-electron chi connectivity index (χ1n) is 6.21. The third-order valence-electron chi connectivity index (χ3n) is 2.92. The fourth-order valence-corrected chi connectivity index (χ4v) is 3.72. The molecule has 0 spiro atoms. The Kier molecular flexibility index (Phi) is 5.76. The summed E-state index contributed by atoms with van der Waals surface area (Å²) in [6.07, 6.45) is 0.211. The number of carbonyl (C=O) groups excluding carboxylic acids is 2. The molecule has 0 aromatic rings. The summed E-state index contributed by atoms with van der Waals surface area (Å²) in [6, 6.07) is -2.09. The number of hydrogen-bond donors (Lipinski definition) is 4. The summed E-state index contributed by atoms with van der Waals surface area (Å²) in [5, 5.41) is 13.5. The lowest BCUT2D eigenvalue weighted by atomic mass is 10.2. The second kappa shape index (κ2) is 7.11. The van der Waals surface area contributed by atoms with Crippen LogP contribution in [0.25, 0.3) is 0 Å². The number of carboxylic acids is 1. The number of carboxylic acid groups (broad SMARTS) is 1. The number of primary amides is 1. The highest BCUT2D eigenvalue weighted by atomic mass is 32.2. The third kappa shape index (κ3) is 5.85. The predicted octanol–water partition coefficient (Wildman–Crippen LogP) is -2.06. The molecule has 5 N–H and O–H groups in total. The second-order valence-electron chi connectivity index (χ2n) is 4.60. The number of sulfone groups is 1. The molecule has 1 saturated heterocycles. The molecule has 0 aliphatic carbocycles. The van der Waals surface area contributed by atoms with E-state index < -0.39 is 40.5 Å². The largest absolute Gasteiger partial charge is 0.480 e. The molecule has 1 heterocycles. The van der Waals surface area contributed by atoms with Crippen molar-refractivity contribution in [3.63, 3.8) is 0 Å². The Morgan fingerprint density at radius 1 is 1.24 bits per heavy atom. The number of nitrogens with one attached hydrogen (secondary N) is 2. The van der Waals surface area contributed by atoms with E-state index in [1.54, 1.807) is 0 Å². The summed E-state index contributed by atoms with van der Waals surface area (Å²) in [5.41, 5.74) is 4.85. The van der Waals surface area contributed by atoms with Crippen LogP contribution in [0.3, 0.4) is 0 Å². The molecule has 0 bridgehead atoms. The van der Waals surface area contributed by atoms with Gasteiger partial charge in [0.25, 0.3) is 0 Å². The molecule has 120 valence electrons. The minimum atomic E-state index is -3.23. The smallest absolute Gasteiger partial charge is 0.323 e. The molecule has 21 heavy (non-hydrogen) atoms. The Morgan fingerprint density at radius 3 is 2.33 bits per heavy atom. The number of amides is 4. The van der Waals surface area contributed by atoms with Gasteiger partial charge in [-0.2, -0.15) is 0 Å². The third-order valence-corrected chi connectivity index (χ3v) is 4.67. The average molecular weight is 322 g/mol. The quantitative estimate of drug-likeness (QED) is 0.411. The van der Waals surface area contributed by atoms with Crippen molar-refractivity contribution in [2.24, 2.45) is 5.73 Å². The monoisotopic (exact) mass is 322 g/mol. The Hall–Kier alpha value is -2.04. The topological polar surface area (TPSA) is 159 Å². The molecule has 1 unspecified atom stereocenters. The van der Waals surface area contributed by atoms with Crippen molar-refractivity contribution in [2.75, 3.05) is 31.1 Å². The van der Waals surface area contributed by atoms with E-state index in [1.165, 1.54) is 0 Å². The average Bonchev–Trinajstić information content (AvgIpc) is 2.71. The zero-order valence-corrected chi connectivity index (χ0v) is 12.1. The van der Waals surface area contributed by atoms with Gasteiger partial charge in [-0.15, -0.1) is 0 Å². The molecule has 0 aromatic heterocycles. The lowest BCUT2D eigenvalue weighted by Gasteiger charge is -2.26. The highest BCUT2D eigenvalue weighted by Gasteiger charge is 2.35. The van der Waals surface area contributed by atoms with E-state index in [2.05, 4.69) is 10.6 Å². The fourth-order valence-electron chi connectivity index (χ4n) is 1.99. The molecule has 1 aliphatic heterocycles. The van der Waals surface area contributed by atoms with Gasteiger partial charge < -0.3 is 26.4 Å². The zero-order valence-electron chi connectivity index (χ0n) is 11.2. The van der Waals surface area contributed by atoms with E-state index in [0.717, 1.165) is 4.90 Å². The van der Waals surface area contributed by atoms with Crippen molar-refractivity contribution in [3.05, 3.63) is 0 Å². The van der Waals surface area contributed by atoms with Gasteiger partial charge in [-0.25, -0.2) is 18.0 Å². The van der Waals surface area contributed by atoms with Crippen LogP contribution >= 0.6 is 0 Å². The molecule has 0 radical (unpaired) electrons. The summed E-state index contributed by atoms with van der Waals surface area (Å²) in [4.78, 5) is 34.2. The Balaban J connectivity index is 2.58. The Morgan fingerprint density at radius 2 is 1.86 bits per heavy atom. The van der Waals surface area contributed by atoms with E-state index in [9.17, 15) is 22.8 Å². The SMILES string of the molecule is NC(=O)NCCNC(=O)N(CC(=O)O)C1CCS(=O)(=O)C1. The summed E-state index contributed by atoms with van der Waals surface area (Å²) >= 11 is 0. The van der Waals surface area contributed by atoms with Gasteiger partial charge in [-0.3, -0.25) is 4.79 Å². The molecule has 1 rings (SSSR count). The van der Waals surface area contributed by atoms with Crippen LogP contribution in [0.2, 0.25) is 0 Å². The minimum absolute atomic E-state index is 0.0529. The second-order valence-corrected chi connectivity index (χ2v) is 6.83. The van der Waals surface area contributed by atoms with Gasteiger partial charge in [0.05, 0.1) is 11.5 Å². The molecule has 0 aromatic carbocycles. The van der Waals surface area contributed by atoms with Crippen LogP contribution in [0, 0.1) is 0 Å². The van der Waals surface area contributed by atoms with E-state index >= 15 is 0 Å². The normalized spacial score (nSPS) is 19.7. The molecule has 1 fully saturated rings. The van der Waals surface area contributed by atoms with E-state index in [-0.39, 0.29) is 31.0 Å². The lowest BCUT2D eigenvalue weighted by Crippen LogP contribution is -2.50. The first-order chi connectivity index (χ1) is 9.71. The van der Waals surface area contributed by atoms with E-state index in [4.69, 9.17) is 10.8 Å². The van der Waals surface area contributed by atoms with Crippen LogP contribution in [0.1, 0.15) is 6.42 Å². The molecular formula is C10H18N4O6S. The molecule has 0 saturated carbocycles. The van der Waals surface area contributed by atoms with Gasteiger partial charge in [0.1, 0.15) is 6.54 Å². The van der Waals surface area contributed by atoms with Crippen molar-refractivity contribution >= 4 is 27.9 Å². The van der Waals surface area contributed by atoms with Gasteiger partial charge in [0, 0.05) is 19.1 Å². The van der Waals surface area contributed by atoms with Crippen LogP contribution in [0.4, 0.5) is 9.59 Å². The van der Waals surface area contributed by atoms with Crippen molar-refractivity contribution in [1.29, 1.82) is 0 Å². The number of aliphatic carboxylic acids is 1. The first kappa shape index (κ1) is 17.0. The van der Waals surface area contributed by atoms with Crippen LogP contribution < -0.4 is 16.4 Å². The maximum atomic E-state index is 11.9. The zero-order chi connectivity index (χ0) is 16.0. The van der Waals surface area contributed by atoms with Crippen LogP contribution in [-0.4, -0.2) is 73.6 Å².